The second kappa shape index (κ2) is 8.17. The molecular formula is C16H23N5O2. The largest absolute Gasteiger partial charge is 0.494 e. The maximum atomic E-state index is 11.8. The highest BCUT2D eigenvalue weighted by Crippen LogP contribution is 2.11. The summed E-state index contributed by atoms with van der Waals surface area (Å²) < 4.78 is 7.38. The van der Waals surface area contributed by atoms with Crippen molar-refractivity contribution < 1.29 is 9.53 Å². The first kappa shape index (κ1) is 16.8. The topological polar surface area (TPSA) is 81.1 Å². The third-order valence-corrected chi connectivity index (χ3v) is 3.38. The average molecular weight is 317 g/mol. The molecule has 0 radical (unpaired) electrons. The molecule has 7 nitrogen and oxygen atoms in total. The highest BCUT2D eigenvalue weighted by atomic mass is 16.5. The van der Waals surface area contributed by atoms with E-state index in [4.69, 9.17) is 4.74 Å². The maximum absolute atomic E-state index is 11.8. The summed E-state index contributed by atoms with van der Waals surface area (Å²) >= 11 is 0. The van der Waals surface area contributed by atoms with Gasteiger partial charge in [-0.1, -0.05) is 17.7 Å². The van der Waals surface area contributed by atoms with E-state index in [0.717, 1.165) is 12.2 Å². The van der Waals surface area contributed by atoms with E-state index in [-0.39, 0.29) is 12.1 Å². The van der Waals surface area contributed by atoms with E-state index >= 15 is 0 Å². The van der Waals surface area contributed by atoms with Crippen LogP contribution in [0.5, 0.6) is 5.75 Å². The Morgan fingerprint density at radius 3 is 2.74 bits per heavy atom. The van der Waals surface area contributed by atoms with Gasteiger partial charge < -0.3 is 19.9 Å². The number of ether oxygens (including phenoxy) is 1. The van der Waals surface area contributed by atoms with E-state index in [1.165, 1.54) is 5.56 Å². The first-order chi connectivity index (χ1) is 11.1. The van der Waals surface area contributed by atoms with Crippen molar-refractivity contribution in [1.29, 1.82) is 0 Å². The lowest BCUT2D eigenvalue weighted by Gasteiger charge is -2.14. The summed E-state index contributed by atoms with van der Waals surface area (Å²) in [6.07, 6.45) is 2.34. The molecular weight excluding hydrogens is 294 g/mol. The molecule has 124 valence electrons. The second-order valence-corrected chi connectivity index (χ2v) is 5.44. The van der Waals surface area contributed by atoms with Crippen molar-refractivity contribution in [1.82, 2.24) is 25.4 Å². The summed E-state index contributed by atoms with van der Waals surface area (Å²) in [5, 5.41) is 13.4. The number of hydrogen-bond donors (Lipinski definition) is 2. The van der Waals surface area contributed by atoms with Crippen LogP contribution >= 0.6 is 0 Å². The van der Waals surface area contributed by atoms with Gasteiger partial charge in [-0.05, 0) is 32.4 Å². The molecule has 0 saturated heterocycles. The van der Waals surface area contributed by atoms with Crippen LogP contribution in [-0.2, 0) is 7.05 Å². The van der Waals surface area contributed by atoms with Gasteiger partial charge in [-0.2, -0.15) is 0 Å². The van der Waals surface area contributed by atoms with E-state index in [1.54, 1.807) is 10.9 Å². The van der Waals surface area contributed by atoms with Crippen LogP contribution in [0, 0.1) is 6.92 Å². The number of carbonyl (C=O) groups excluding carboxylic acids is 1. The maximum Gasteiger partial charge on any atom is 0.315 e. The third-order valence-electron chi connectivity index (χ3n) is 3.38. The zero-order chi connectivity index (χ0) is 16.7. The first-order valence-electron chi connectivity index (χ1n) is 7.64. The van der Waals surface area contributed by atoms with Gasteiger partial charge in [0.15, 0.2) is 5.82 Å². The number of aromatic nitrogens is 3. The number of hydrogen-bond acceptors (Lipinski definition) is 4. The van der Waals surface area contributed by atoms with Gasteiger partial charge in [-0.15, -0.1) is 10.2 Å². The molecule has 0 spiro atoms. The molecule has 2 aromatic rings. The molecule has 1 aromatic carbocycles. The van der Waals surface area contributed by atoms with Crippen LogP contribution in [0.4, 0.5) is 4.79 Å². The number of amides is 2. The minimum absolute atomic E-state index is 0.202. The van der Waals surface area contributed by atoms with Crippen LogP contribution < -0.4 is 15.4 Å². The van der Waals surface area contributed by atoms with Crippen molar-refractivity contribution >= 4 is 6.03 Å². The summed E-state index contributed by atoms with van der Waals surface area (Å²) in [4.78, 5) is 11.8. The van der Waals surface area contributed by atoms with Gasteiger partial charge in [-0.25, -0.2) is 4.79 Å². The number of nitrogens with zero attached hydrogens (tertiary/aromatic N) is 3. The number of rotatable bonds is 7. The molecule has 2 N–H and O–H groups in total. The lowest BCUT2D eigenvalue weighted by Crippen LogP contribution is -2.38. The van der Waals surface area contributed by atoms with E-state index < -0.39 is 0 Å². The molecule has 0 unspecified atom stereocenters. The highest BCUT2D eigenvalue weighted by Gasteiger charge is 2.13. The number of nitrogens with one attached hydrogen (secondary N) is 2. The average Bonchev–Trinajstić information content (AvgIpc) is 2.95. The van der Waals surface area contributed by atoms with Gasteiger partial charge in [0.05, 0.1) is 12.6 Å². The van der Waals surface area contributed by atoms with Crippen molar-refractivity contribution in [2.45, 2.75) is 26.3 Å². The molecule has 2 rings (SSSR count). The number of aryl methyl sites for hydroxylation is 2. The molecule has 23 heavy (non-hydrogen) atoms. The van der Waals surface area contributed by atoms with Crippen molar-refractivity contribution in [2.24, 2.45) is 7.05 Å². The zero-order valence-electron chi connectivity index (χ0n) is 13.7. The van der Waals surface area contributed by atoms with Crippen molar-refractivity contribution in [3.8, 4) is 5.75 Å². The second-order valence-electron chi connectivity index (χ2n) is 5.44. The van der Waals surface area contributed by atoms with Crippen LogP contribution in [0.2, 0.25) is 0 Å². The summed E-state index contributed by atoms with van der Waals surface area (Å²) in [6, 6.07) is 7.47. The van der Waals surface area contributed by atoms with Crippen molar-refractivity contribution in [2.75, 3.05) is 13.2 Å². The van der Waals surface area contributed by atoms with Crippen molar-refractivity contribution in [3.05, 3.63) is 42.0 Å². The fraction of sp³-hybridized carbons (Fsp3) is 0.438. The molecule has 0 aliphatic rings. The minimum atomic E-state index is -0.226. The normalized spacial score (nSPS) is 11.8. The Balaban J connectivity index is 1.61. The highest BCUT2D eigenvalue weighted by molar-refractivity contribution is 5.74. The lowest BCUT2D eigenvalue weighted by atomic mass is 10.2. The standard InChI is InChI=1S/C16H23N5O2/c1-12-5-7-14(8-6-12)23-10-4-9-17-16(22)19-13(2)15-20-18-11-21(15)3/h5-8,11,13H,4,9-10H2,1-3H3,(H2,17,19,22)/t13-/m1/s1. The zero-order valence-corrected chi connectivity index (χ0v) is 13.7. The Hall–Kier alpha value is -2.57. The van der Waals surface area contributed by atoms with E-state index in [9.17, 15) is 4.79 Å². The predicted octanol–water partition coefficient (Wildman–Crippen LogP) is 1.95. The van der Waals surface area contributed by atoms with E-state index in [2.05, 4.69) is 20.8 Å². The summed E-state index contributed by atoms with van der Waals surface area (Å²) in [7, 11) is 1.84. The Bertz CT molecular complexity index is 624. The number of urea groups is 1. The van der Waals surface area contributed by atoms with Gasteiger partial charge >= 0.3 is 6.03 Å². The summed E-state index contributed by atoms with van der Waals surface area (Å²) in [5.74, 6) is 1.55. The van der Waals surface area contributed by atoms with Crippen LogP contribution in [0.15, 0.2) is 30.6 Å². The molecule has 0 aliphatic heterocycles. The van der Waals surface area contributed by atoms with Gasteiger partial charge in [0.1, 0.15) is 12.1 Å². The van der Waals surface area contributed by atoms with Gasteiger partial charge in [0.25, 0.3) is 0 Å². The quantitative estimate of drug-likeness (QED) is 0.765. The molecule has 7 heteroatoms. The molecule has 1 atom stereocenters. The number of benzene rings is 1. The van der Waals surface area contributed by atoms with Crippen molar-refractivity contribution in [3.63, 3.8) is 0 Å². The number of carbonyl (C=O) groups is 1. The fourth-order valence-corrected chi connectivity index (χ4v) is 2.10. The minimum Gasteiger partial charge on any atom is -0.494 e. The molecule has 0 fully saturated rings. The fourth-order valence-electron chi connectivity index (χ4n) is 2.10. The van der Waals surface area contributed by atoms with Crippen LogP contribution in [0.25, 0.3) is 0 Å². The Morgan fingerprint density at radius 1 is 1.35 bits per heavy atom. The molecule has 0 bridgehead atoms. The van der Waals surface area contributed by atoms with Crippen LogP contribution in [0.1, 0.15) is 30.8 Å². The van der Waals surface area contributed by atoms with Crippen LogP contribution in [-0.4, -0.2) is 33.9 Å². The molecule has 0 saturated carbocycles. The third kappa shape index (κ3) is 5.28. The summed E-state index contributed by atoms with van der Waals surface area (Å²) in [5.41, 5.74) is 1.20. The SMILES string of the molecule is Cc1ccc(OCCCNC(=O)N[C@H](C)c2nncn2C)cc1. The monoisotopic (exact) mass is 317 g/mol. The Labute approximate surface area is 136 Å². The first-order valence-corrected chi connectivity index (χ1v) is 7.64. The molecule has 1 heterocycles. The van der Waals surface area contributed by atoms with Gasteiger partial charge in [0, 0.05) is 13.6 Å². The molecule has 0 aliphatic carbocycles. The summed E-state index contributed by atoms with van der Waals surface area (Å²) in [6.45, 7) is 5.00. The predicted molar refractivity (Wildman–Crippen MR) is 87.2 cm³/mol. The lowest BCUT2D eigenvalue weighted by molar-refractivity contribution is 0.235. The van der Waals surface area contributed by atoms with E-state index in [0.29, 0.717) is 19.0 Å². The van der Waals surface area contributed by atoms with Gasteiger partial charge in [0.2, 0.25) is 0 Å². The van der Waals surface area contributed by atoms with E-state index in [1.807, 2.05) is 45.2 Å². The molecule has 2 amide bonds. The van der Waals surface area contributed by atoms with Gasteiger partial charge in [-0.3, -0.25) is 0 Å². The van der Waals surface area contributed by atoms with Crippen LogP contribution in [0.3, 0.4) is 0 Å². The smallest absolute Gasteiger partial charge is 0.315 e. The Morgan fingerprint density at radius 2 is 2.09 bits per heavy atom. The molecule has 1 aromatic heterocycles. The Kier molecular flexibility index (Phi) is 5.96.